The fraction of sp³-hybridized carbons (Fsp3) is 0.684. The van der Waals surface area contributed by atoms with Crippen LogP contribution in [0.15, 0.2) is 16.9 Å². The highest BCUT2D eigenvalue weighted by Gasteiger charge is 2.60. The van der Waals surface area contributed by atoms with E-state index in [1.54, 1.807) is 17.7 Å². The molecule has 0 bridgehead atoms. The first kappa shape index (κ1) is 18.0. The molecule has 0 saturated heterocycles. The van der Waals surface area contributed by atoms with Crippen molar-refractivity contribution in [1.29, 1.82) is 0 Å². The summed E-state index contributed by atoms with van der Waals surface area (Å²) in [6.07, 6.45) is 4.69. The Bertz CT molecular complexity index is 708. The third kappa shape index (κ3) is 2.97. The van der Waals surface area contributed by atoms with E-state index >= 15 is 0 Å². The molecule has 3 rings (SSSR count). The zero-order valence-corrected chi connectivity index (χ0v) is 15.7. The fourth-order valence-corrected chi connectivity index (χ4v) is 4.30. The molecule has 1 aromatic rings. The number of amides is 2. The average molecular weight is 347 g/mol. The van der Waals surface area contributed by atoms with Crippen LogP contribution in [-0.2, 0) is 18.3 Å². The highest BCUT2D eigenvalue weighted by molar-refractivity contribution is 5.74. The van der Waals surface area contributed by atoms with Crippen LogP contribution in [0.5, 0.6) is 0 Å². The third-order valence-corrected chi connectivity index (χ3v) is 6.25. The molecule has 1 N–H and O–H groups in total. The summed E-state index contributed by atoms with van der Waals surface area (Å²) in [5.74, 6) is 0. The van der Waals surface area contributed by atoms with Crippen LogP contribution in [0, 0.1) is 12.3 Å². The normalized spacial score (nSPS) is 23.7. The third-order valence-electron chi connectivity index (χ3n) is 6.25. The maximum absolute atomic E-state index is 12.6. The second kappa shape index (κ2) is 6.83. The van der Waals surface area contributed by atoms with E-state index in [-0.39, 0.29) is 35.7 Å². The summed E-state index contributed by atoms with van der Waals surface area (Å²) in [5, 5.41) is 2.90. The van der Waals surface area contributed by atoms with Crippen LogP contribution in [0.2, 0.25) is 0 Å². The van der Waals surface area contributed by atoms with Gasteiger partial charge in [0.2, 0.25) is 0 Å². The van der Waals surface area contributed by atoms with Gasteiger partial charge in [0.25, 0.3) is 5.56 Å². The van der Waals surface area contributed by atoms with Gasteiger partial charge in [0, 0.05) is 50.0 Å². The van der Waals surface area contributed by atoms with Crippen LogP contribution in [0.4, 0.5) is 4.79 Å². The van der Waals surface area contributed by atoms with E-state index in [2.05, 4.69) is 5.32 Å². The van der Waals surface area contributed by atoms with Crippen molar-refractivity contribution in [3.63, 3.8) is 0 Å². The molecular formula is C19H29N3O3. The number of pyridine rings is 1. The molecule has 1 heterocycles. The van der Waals surface area contributed by atoms with Gasteiger partial charge < -0.3 is 19.5 Å². The predicted octanol–water partition coefficient (Wildman–Crippen LogP) is 2.18. The van der Waals surface area contributed by atoms with Gasteiger partial charge in [-0.2, -0.15) is 0 Å². The second-order valence-corrected chi connectivity index (χ2v) is 7.42. The van der Waals surface area contributed by atoms with Crippen molar-refractivity contribution in [1.82, 2.24) is 14.8 Å². The Kier molecular flexibility index (Phi) is 4.91. The van der Waals surface area contributed by atoms with Crippen LogP contribution in [0.25, 0.3) is 0 Å². The molecule has 0 unspecified atom stereocenters. The molecular weight excluding hydrogens is 318 g/mol. The van der Waals surface area contributed by atoms with Gasteiger partial charge in [-0.15, -0.1) is 0 Å². The smallest absolute Gasteiger partial charge is 0.317 e. The molecule has 0 aromatic carbocycles. The van der Waals surface area contributed by atoms with E-state index in [1.165, 1.54) is 6.42 Å². The summed E-state index contributed by atoms with van der Waals surface area (Å²) in [6.45, 7) is 4.90. The van der Waals surface area contributed by atoms with Crippen molar-refractivity contribution in [3.8, 4) is 0 Å². The molecule has 2 saturated carbocycles. The molecule has 2 aliphatic rings. The number of rotatable bonds is 5. The second-order valence-electron chi connectivity index (χ2n) is 7.42. The molecule has 2 atom stereocenters. The van der Waals surface area contributed by atoms with Gasteiger partial charge in [-0.3, -0.25) is 4.79 Å². The van der Waals surface area contributed by atoms with E-state index in [9.17, 15) is 9.59 Å². The zero-order chi connectivity index (χ0) is 18.2. The standard InChI is InChI=1S/C19H29N3O3/c1-5-25-16-11-15(19(16)9-6-10-19)22(4)18(24)20-12-14-8-7-13(2)21(3)17(14)23/h7-8,15-16H,5-6,9-12H2,1-4H3,(H,20,24)/t15-,16+/m1/s1. The monoisotopic (exact) mass is 347 g/mol. The number of ether oxygens (including phenoxy) is 1. The van der Waals surface area contributed by atoms with Gasteiger partial charge in [0.15, 0.2) is 0 Å². The Labute approximate surface area is 149 Å². The fourth-order valence-electron chi connectivity index (χ4n) is 4.30. The van der Waals surface area contributed by atoms with Gasteiger partial charge in [-0.05, 0) is 39.2 Å². The van der Waals surface area contributed by atoms with Gasteiger partial charge >= 0.3 is 6.03 Å². The molecule has 1 aromatic heterocycles. The molecule has 6 heteroatoms. The minimum Gasteiger partial charge on any atom is -0.378 e. The predicted molar refractivity (Wildman–Crippen MR) is 96.5 cm³/mol. The van der Waals surface area contributed by atoms with Gasteiger partial charge in [-0.1, -0.05) is 12.5 Å². The van der Waals surface area contributed by atoms with Crippen LogP contribution in [-0.4, -0.2) is 41.3 Å². The largest absolute Gasteiger partial charge is 0.378 e. The van der Waals surface area contributed by atoms with Crippen molar-refractivity contribution in [2.75, 3.05) is 13.7 Å². The Morgan fingerprint density at radius 1 is 1.44 bits per heavy atom. The van der Waals surface area contributed by atoms with Crippen LogP contribution >= 0.6 is 0 Å². The minimum absolute atomic E-state index is 0.0570. The maximum atomic E-state index is 12.6. The maximum Gasteiger partial charge on any atom is 0.317 e. The number of carbonyl (C=O) groups excluding carboxylic acids is 1. The SMILES string of the molecule is CCO[C@H]1C[C@@H](N(C)C(=O)NCc2ccc(C)n(C)c2=O)C12CCC2. The molecule has 0 aliphatic heterocycles. The number of aryl methyl sites for hydroxylation is 1. The Hall–Kier alpha value is -1.82. The number of hydrogen-bond acceptors (Lipinski definition) is 3. The number of hydrogen-bond donors (Lipinski definition) is 1. The lowest BCUT2D eigenvalue weighted by Gasteiger charge is -2.63. The molecule has 1 spiro atoms. The van der Waals surface area contributed by atoms with Gasteiger partial charge in [0.1, 0.15) is 0 Å². The average Bonchev–Trinajstić information content (AvgIpc) is 2.53. The zero-order valence-electron chi connectivity index (χ0n) is 15.7. The van der Waals surface area contributed by atoms with E-state index in [0.717, 1.165) is 31.6 Å². The molecule has 138 valence electrons. The number of nitrogens with zero attached hydrogens (tertiary/aromatic N) is 2. The summed E-state index contributed by atoms with van der Waals surface area (Å²) in [6, 6.07) is 3.81. The van der Waals surface area contributed by atoms with E-state index in [0.29, 0.717) is 5.56 Å². The Morgan fingerprint density at radius 2 is 2.16 bits per heavy atom. The van der Waals surface area contributed by atoms with Gasteiger partial charge in [-0.25, -0.2) is 4.79 Å². The Balaban J connectivity index is 1.61. The minimum atomic E-state index is -0.117. The first-order valence-electron chi connectivity index (χ1n) is 9.18. The molecule has 25 heavy (non-hydrogen) atoms. The summed E-state index contributed by atoms with van der Waals surface area (Å²) in [7, 11) is 3.60. The summed E-state index contributed by atoms with van der Waals surface area (Å²) in [4.78, 5) is 26.6. The molecule has 2 fully saturated rings. The van der Waals surface area contributed by atoms with Gasteiger partial charge in [0.05, 0.1) is 6.10 Å². The van der Waals surface area contributed by atoms with E-state index in [4.69, 9.17) is 4.74 Å². The highest BCUT2D eigenvalue weighted by atomic mass is 16.5. The highest BCUT2D eigenvalue weighted by Crippen LogP contribution is 2.58. The summed E-state index contributed by atoms with van der Waals surface area (Å²) < 4.78 is 7.47. The quantitative estimate of drug-likeness (QED) is 0.888. The van der Waals surface area contributed by atoms with Crippen molar-refractivity contribution in [2.24, 2.45) is 12.5 Å². The summed E-state index contributed by atoms with van der Waals surface area (Å²) in [5.41, 5.74) is 1.61. The molecule has 0 radical (unpaired) electrons. The molecule has 6 nitrogen and oxygen atoms in total. The number of nitrogens with one attached hydrogen (secondary N) is 1. The molecule has 2 aliphatic carbocycles. The van der Waals surface area contributed by atoms with Crippen molar-refractivity contribution < 1.29 is 9.53 Å². The van der Waals surface area contributed by atoms with Crippen molar-refractivity contribution >= 4 is 6.03 Å². The lowest BCUT2D eigenvalue weighted by atomic mass is 9.50. The van der Waals surface area contributed by atoms with Crippen molar-refractivity contribution in [2.45, 2.75) is 58.2 Å². The topological polar surface area (TPSA) is 63.6 Å². The van der Waals surface area contributed by atoms with E-state index in [1.807, 2.05) is 31.9 Å². The van der Waals surface area contributed by atoms with Crippen molar-refractivity contribution in [3.05, 3.63) is 33.7 Å². The first-order chi connectivity index (χ1) is 11.9. The number of carbonyl (C=O) groups is 1. The number of aromatic nitrogens is 1. The van der Waals surface area contributed by atoms with Crippen LogP contribution in [0.3, 0.4) is 0 Å². The van der Waals surface area contributed by atoms with E-state index < -0.39 is 0 Å². The first-order valence-corrected chi connectivity index (χ1v) is 9.18. The summed E-state index contributed by atoms with van der Waals surface area (Å²) >= 11 is 0. The lowest BCUT2D eigenvalue weighted by Crippen LogP contribution is -2.68. The lowest BCUT2D eigenvalue weighted by molar-refractivity contribution is -0.191. The molecule has 2 amide bonds. The van der Waals surface area contributed by atoms with Crippen LogP contribution in [0.1, 0.15) is 43.9 Å². The van der Waals surface area contributed by atoms with Crippen LogP contribution < -0.4 is 10.9 Å². The number of urea groups is 1. The Morgan fingerprint density at radius 3 is 2.76 bits per heavy atom.